The maximum atomic E-state index is 12.8. The van der Waals surface area contributed by atoms with Gasteiger partial charge in [-0.15, -0.1) is 0 Å². The topological polar surface area (TPSA) is 92.5 Å². The molecule has 0 amide bonds. The number of sulfonamides is 1. The van der Waals surface area contributed by atoms with Crippen LogP contribution in [-0.2, 0) is 33.7 Å². The van der Waals surface area contributed by atoms with E-state index in [9.17, 15) is 18.3 Å². The fraction of sp³-hybridized carbons (Fsp3) is 0.375. The molecule has 1 aromatic carbocycles. The third-order valence-corrected chi connectivity index (χ3v) is 5.94. The molecule has 0 aliphatic carbocycles. The molecule has 0 spiro atoms. The predicted octanol–water partition coefficient (Wildman–Crippen LogP) is 1.24. The van der Waals surface area contributed by atoms with Crippen LogP contribution in [0.2, 0.25) is 0 Å². The van der Waals surface area contributed by atoms with E-state index >= 15 is 0 Å². The Morgan fingerprint density at radius 1 is 1.25 bits per heavy atom. The third-order valence-electron chi connectivity index (χ3n) is 4.17. The van der Waals surface area contributed by atoms with Crippen LogP contribution in [0.4, 0.5) is 0 Å². The highest BCUT2D eigenvalue weighted by Crippen LogP contribution is 2.21. The van der Waals surface area contributed by atoms with Crippen LogP contribution >= 0.6 is 0 Å². The number of rotatable bonds is 4. The maximum Gasteiger partial charge on any atom is 0.309 e. The molecule has 1 aromatic heterocycles. The smallest absolute Gasteiger partial charge is 0.309 e. The molecule has 0 radical (unpaired) electrons. The lowest BCUT2D eigenvalue weighted by Crippen LogP contribution is -2.37. The van der Waals surface area contributed by atoms with Crippen molar-refractivity contribution >= 4 is 16.0 Å². The number of aryl methyl sites for hydroxylation is 1. The van der Waals surface area contributed by atoms with Gasteiger partial charge in [0.15, 0.2) is 0 Å². The zero-order valence-electron chi connectivity index (χ0n) is 13.3. The number of hydrogen-bond donors (Lipinski definition) is 1. The minimum absolute atomic E-state index is 0.0487. The summed E-state index contributed by atoms with van der Waals surface area (Å²) in [6, 6.07) is 9.01. The lowest BCUT2D eigenvalue weighted by Gasteiger charge is -2.22. The molecular formula is C16H19N3O4S. The van der Waals surface area contributed by atoms with Crippen LogP contribution in [0, 0.1) is 12.8 Å². The van der Waals surface area contributed by atoms with Gasteiger partial charge < -0.3 is 5.11 Å². The molecule has 0 saturated carbocycles. The lowest BCUT2D eigenvalue weighted by molar-refractivity contribution is -0.142. The van der Waals surface area contributed by atoms with Crippen molar-refractivity contribution in [3.05, 3.63) is 53.3 Å². The molecule has 1 aliphatic heterocycles. The van der Waals surface area contributed by atoms with Crippen molar-refractivity contribution in [2.75, 3.05) is 6.54 Å². The van der Waals surface area contributed by atoms with E-state index in [0.717, 1.165) is 5.56 Å². The highest BCUT2D eigenvalue weighted by Gasteiger charge is 2.33. The Bertz CT molecular complexity index is 842. The number of benzene rings is 1. The Balaban J connectivity index is 1.88. The van der Waals surface area contributed by atoms with E-state index in [4.69, 9.17) is 0 Å². The number of nitrogens with zero attached hydrogens (tertiary/aromatic N) is 3. The number of fused-ring (bicyclic) bond motifs is 1. The number of aromatic nitrogens is 2. The molecule has 8 heteroatoms. The van der Waals surface area contributed by atoms with E-state index in [1.54, 1.807) is 29.1 Å². The number of carbonyl (C=O) groups is 1. The average Bonchev–Trinajstić information content (AvgIpc) is 2.86. The van der Waals surface area contributed by atoms with Crippen molar-refractivity contribution in [2.24, 2.45) is 5.92 Å². The van der Waals surface area contributed by atoms with Gasteiger partial charge in [0.05, 0.1) is 30.5 Å². The fourth-order valence-electron chi connectivity index (χ4n) is 2.77. The van der Waals surface area contributed by atoms with Crippen LogP contribution in [0.1, 0.15) is 16.8 Å². The average molecular weight is 349 g/mol. The highest BCUT2D eigenvalue weighted by molar-refractivity contribution is 7.88. The van der Waals surface area contributed by atoms with E-state index < -0.39 is 21.9 Å². The van der Waals surface area contributed by atoms with E-state index in [1.807, 2.05) is 19.1 Å². The molecule has 0 bridgehead atoms. The molecule has 7 nitrogen and oxygen atoms in total. The molecule has 24 heavy (non-hydrogen) atoms. The van der Waals surface area contributed by atoms with Crippen LogP contribution < -0.4 is 0 Å². The van der Waals surface area contributed by atoms with E-state index in [0.29, 0.717) is 11.3 Å². The zero-order chi connectivity index (χ0) is 17.3. The first kappa shape index (κ1) is 16.7. The van der Waals surface area contributed by atoms with Gasteiger partial charge in [-0.25, -0.2) is 8.42 Å². The summed E-state index contributed by atoms with van der Waals surface area (Å²) in [6.45, 7) is 2.20. The van der Waals surface area contributed by atoms with Gasteiger partial charge in [0, 0.05) is 12.7 Å². The van der Waals surface area contributed by atoms with Crippen molar-refractivity contribution in [1.29, 1.82) is 0 Å². The van der Waals surface area contributed by atoms with Gasteiger partial charge in [0.1, 0.15) is 0 Å². The first-order chi connectivity index (χ1) is 11.3. The molecule has 3 rings (SSSR count). The normalized spacial score (nSPS) is 18.8. The second kappa shape index (κ2) is 6.37. The Morgan fingerprint density at radius 3 is 2.62 bits per heavy atom. The van der Waals surface area contributed by atoms with E-state index in [-0.39, 0.29) is 25.4 Å². The minimum atomic E-state index is -3.63. The summed E-state index contributed by atoms with van der Waals surface area (Å²) in [4.78, 5) is 11.4. The molecular weight excluding hydrogens is 330 g/mol. The predicted molar refractivity (Wildman–Crippen MR) is 87.6 cm³/mol. The summed E-state index contributed by atoms with van der Waals surface area (Å²) in [5, 5.41) is 13.5. The van der Waals surface area contributed by atoms with Gasteiger partial charge in [0.2, 0.25) is 10.0 Å². The molecule has 1 unspecified atom stereocenters. The van der Waals surface area contributed by atoms with Gasteiger partial charge in [-0.1, -0.05) is 29.8 Å². The second-order valence-electron chi connectivity index (χ2n) is 6.07. The Morgan fingerprint density at radius 2 is 1.96 bits per heavy atom. The lowest BCUT2D eigenvalue weighted by atomic mass is 10.1. The summed E-state index contributed by atoms with van der Waals surface area (Å²) in [5.41, 5.74) is 2.44. The third kappa shape index (κ3) is 3.49. The van der Waals surface area contributed by atoms with Crippen molar-refractivity contribution in [3.63, 3.8) is 0 Å². The van der Waals surface area contributed by atoms with Gasteiger partial charge in [-0.3, -0.25) is 9.48 Å². The summed E-state index contributed by atoms with van der Waals surface area (Å²) in [6.07, 6.45) is 1.56. The van der Waals surface area contributed by atoms with Gasteiger partial charge >= 0.3 is 5.97 Å². The molecule has 128 valence electrons. The first-order valence-corrected chi connectivity index (χ1v) is 9.23. The van der Waals surface area contributed by atoms with Crippen LogP contribution in [0.25, 0.3) is 0 Å². The number of carboxylic acids is 1. The van der Waals surface area contributed by atoms with Crippen molar-refractivity contribution in [2.45, 2.75) is 25.8 Å². The second-order valence-corrected chi connectivity index (χ2v) is 8.04. The summed E-state index contributed by atoms with van der Waals surface area (Å²) in [5.74, 6) is -1.99. The maximum absolute atomic E-state index is 12.8. The summed E-state index contributed by atoms with van der Waals surface area (Å²) < 4.78 is 28.4. The molecule has 1 aliphatic rings. The zero-order valence-corrected chi connectivity index (χ0v) is 14.1. The van der Waals surface area contributed by atoms with Crippen LogP contribution in [0.15, 0.2) is 36.5 Å². The summed E-state index contributed by atoms with van der Waals surface area (Å²) in [7, 11) is -3.63. The molecule has 2 heterocycles. The van der Waals surface area contributed by atoms with Gasteiger partial charge in [0.25, 0.3) is 0 Å². The molecule has 0 fully saturated rings. The molecule has 0 saturated heterocycles. The molecule has 1 N–H and O–H groups in total. The van der Waals surface area contributed by atoms with Crippen LogP contribution in [0.5, 0.6) is 0 Å². The van der Waals surface area contributed by atoms with Gasteiger partial charge in [-0.05, 0) is 18.6 Å². The Kier molecular flexibility index (Phi) is 4.42. The SMILES string of the molecule is Cc1ccc(CS(=O)(=O)N2Cc3ccnn3CC(C(=O)O)C2)cc1. The Labute approximate surface area is 140 Å². The molecule has 2 aromatic rings. The highest BCUT2D eigenvalue weighted by atomic mass is 32.2. The van der Waals surface area contributed by atoms with Crippen LogP contribution in [0.3, 0.4) is 0 Å². The number of hydrogen-bond acceptors (Lipinski definition) is 4. The largest absolute Gasteiger partial charge is 0.481 e. The fourth-order valence-corrected chi connectivity index (χ4v) is 4.30. The standard InChI is InChI=1S/C16H19N3O4S/c1-12-2-4-13(5-3-12)11-24(22,23)18-8-14(16(20)21)9-19-15(10-18)6-7-17-19/h2-7,14H,8-11H2,1H3,(H,20,21). The van der Waals surface area contributed by atoms with Crippen molar-refractivity contribution < 1.29 is 18.3 Å². The quantitative estimate of drug-likeness (QED) is 0.896. The van der Waals surface area contributed by atoms with Crippen LogP contribution in [-0.4, -0.2) is 40.1 Å². The summed E-state index contributed by atoms with van der Waals surface area (Å²) >= 11 is 0. The minimum Gasteiger partial charge on any atom is -0.481 e. The number of aliphatic carboxylic acids is 1. The Hall–Kier alpha value is -2.19. The van der Waals surface area contributed by atoms with Gasteiger partial charge in [-0.2, -0.15) is 9.40 Å². The van der Waals surface area contributed by atoms with Crippen molar-refractivity contribution in [3.8, 4) is 0 Å². The first-order valence-electron chi connectivity index (χ1n) is 7.62. The van der Waals surface area contributed by atoms with Crippen molar-refractivity contribution in [1.82, 2.24) is 14.1 Å². The van der Waals surface area contributed by atoms with E-state index in [2.05, 4.69) is 5.10 Å². The van der Waals surface area contributed by atoms with E-state index in [1.165, 1.54) is 4.31 Å². The number of carboxylic acid groups (broad SMARTS) is 1. The monoisotopic (exact) mass is 349 g/mol. The molecule has 1 atom stereocenters.